The number of nitrogen functional groups attached to an aromatic ring is 1. The molecule has 2 aromatic rings. The summed E-state index contributed by atoms with van der Waals surface area (Å²) < 4.78 is 0.863. The van der Waals surface area contributed by atoms with Crippen molar-refractivity contribution < 1.29 is 0 Å². The Morgan fingerprint density at radius 1 is 1.35 bits per heavy atom. The van der Waals surface area contributed by atoms with Gasteiger partial charge in [-0.25, -0.2) is 9.97 Å². The second kappa shape index (κ2) is 4.89. The zero-order valence-corrected chi connectivity index (χ0v) is 11.4. The molecular weight excluding hydrogens is 304 g/mol. The Balaban J connectivity index is 2.35. The molecule has 4 nitrogen and oxygen atoms in total. The van der Waals surface area contributed by atoms with Crippen LogP contribution in [0.15, 0.2) is 29.0 Å². The van der Waals surface area contributed by atoms with Gasteiger partial charge in [-0.05, 0) is 41.1 Å². The molecule has 0 aliphatic rings. The molecule has 0 fully saturated rings. The van der Waals surface area contributed by atoms with E-state index in [1.54, 1.807) is 6.07 Å². The van der Waals surface area contributed by atoms with Crippen LogP contribution in [0.3, 0.4) is 0 Å². The molecule has 3 N–H and O–H groups in total. The lowest BCUT2D eigenvalue weighted by Crippen LogP contribution is -2.02. The van der Waals surface area contributed by atoms with Crippen molar-refractivity contribution >= 4 is 44.9 Å². The van der Waals surface area contributed by atoms with Crippen LogP contribution >= 0.6 is 27.5 Å². The van der Waals surface area contributed by atoms with Crippen LogP contribution in [0.2, 0.25) is 5.02 Å². The molecule has 0 saturated heterocycles. The van der Waals surface area contributed by atoms with Crippen molar-refractivity contribution in [3.63, 3.8) is 0 Å². The highest BCUT2D eigenvalue weighted by Gasteiger charge is 2.06. The molecule has 0 saturated carbocycles. The summed E-state index contributed by atoms with van der Waals surface area (Å²) in [4.78, 5) is 8.05. The number of nitrogens with one attached hydrogen (secondary N) is 1. The zero-order valence-electron chi connectivity index (χ0n) is 9.04. The second-order valence-corrected chi connectivity index (χ2v) is 4.77. The monoisotopic (exact) mass is 312 g/mol. The van der Waals surface area contributed by atoms with Crippen LogP contribution in [0.1, 0.15) is 5.56 Å². The van der Waals surface area contributed by atoms with Crippen LogP contribution in [0.4, 0.5) is 17.3 Å². The van der Waals surface area contributed by atoms with Gasteiger partial charge in [0.05, 0.1) is 5.69 Å². The maximum atomic E-state index is 5.87. The number of aromatic nitrogens is 2. The highest BCUT2D eigenvalue weighted by Crippen LogP contribution is 2.29. The average molecular weight is 314 g/mol. The second-order valence-electron chi connectivity index (χ2n) is 3.48. The van der Waals surface area contributed by atoms with Crippen LogP contribution in [-0.2, 0) is 0 Å². The first-order valence-corrected chi connectivity index (χ1v) is 6.04. The van der Waals surface area contributed by atoms with Gasteiger partial charge >= 0.3 is 0 Å². The summed E-state index contributed by atoms with van der Waals surface area (Å²) in [6.45, 7) is 1.86. The first kappa shape index (κ1) is 12.1. The van der Waals surface area contributed by atoms with E-state index in [9.17, 15) is 0 Å². The van der Waals surface area contributed by atoms with Gasteiger partial charge in [-0.3, -0.25) is 0 Å². The molecule has 0 unspecified atom stereocenters. The summed E-state index contributed by atoms with van der Waals surface area (Å²) in [6.07, 6.45) is 1.43. The summed E-state index contributed by atoms with van der Waals surface area (Å²) in [7, 11) is 0. The minimum atomic E-state index is 0.465. The van der Waals surface area contributed by atoms with Gasteiger partial charge in [-0.15, -0.1) is 0 Å². The average Bonchev–Trinajstić information content (AvgIpc) is 2.28. The van der Waals surface area contributed by atoms with Crippen LogP contribution in [0, 0.1) is 6.92 Å². The smallest absolute Gasteiger partial charge is 0.138 e. The predicted octanol–water partition coefficient (Wildman–Crippen LogP) is 3.53. The number of hydrogen-bond donors (Lipinski definition) is 2. The quantitative estimate of drug-likeness (QED) is 0.890. The van der Waals surface area contributed by atoms with Gasteiger partial charge in [0, 0.05) is 15.1 Å². The van der Waals surface area contributed by atoms with Crippen LogP contribution in [-0.4, -0.2) is 9.97 Å². The lowest BCUT2D eigenvalue weighted by Gasteiger charge is -2.10. The lowest BCUT2D eigenvalue weighted by molar-refractivity contribution is 1.14. The van der Waals surface area contributed by atoms with Gasteiger partial charge in [0.2, 0.25) is 0 Å². The Morgan fingerprint density at radius 3 is 2.82 bits per heavy atom. The molecule has 1 aromatic heterocycles. The van der Waals surface area contributed by atoms with E-state index in [0.29, 0.717) is 16.7 Å². The molecule has 17 heavy (non-hydrogen) atoms. The highest BCUT2D eigenvalue weighted by molar-refractivity contribution is 9.10. The van der Waals surface area contributed by atoms with E-state index >= 15 is 0 Å². The minimum absolute atomic E-state index is 0.465. The van der Waals surface area contributed by atoms with Crippen molar-refractivity contribution in [1.29, 1.82) is 0 Å². The fourth-order valence-electron chi connectivity index (χ4n) is 1.31. The molecule has 2 rings (SSSR count). The summed E-state index contributed by atoms with van der Waals surface area (Å²) >= 11 is 9.30. The molecule has 1 aromatic carbocycles. The van der Waals surface area contributed by atoms with Crippen molar-refractivity contribution in [2.75, 3.05) is 11.1 Å². The minimum Gasteiger partial charge on any atom is -0.383 e. The Kier molecular flexibility index (Phi) is 3.49. The van der Waals surface area contributed by atoms with E-state index in [1.807, 2.05) is 19.1 Å². The molecule has 0 aliphatic carbocycles. The van der Waals surface area contributed by atoms with Gasteiger partial charge < -0.3 is 11.1 Å². The molecule has 1 heterocycles. The van der Waals surface area contributed by atoms with Gasteiger partial charge in [0.1, 0.15) is 18.0 Å². The molecular formula is C11H10BrClN4. The Hall–Kier alpha value is -1.33. The number of halogens is 2. The number of rotatable bonds is 2. The molecule has 0 aliphatic heterocycles. The molecule has 6 heteroatoms. The topological polar surface area (TPSA) is 63.8 Å². The van der Waals surface area contributed by atoms with Gasteiger partial charge in [-0.2, -0.15) is 0 Å². The SMILES string of the molecule is Cc1c(N)ncnc1Nc1ccc(Cl)cc1Br. The van der Waals surface area contributed by atoms with E-state index in [1.165, 1.54) is 6.33 Å². The van der Waals surface area contributed by atoms with E-state index in [2.05, 4.69) is 31.2 Å². The van der Waals surface area contributed by atoms with Gasteiger partial charge in [0.15, 0.2) is 0 Å². The summed E-state index contributed by atoms with van der Waals surface area (Å²) in [6, 6.07) is 5.47. The molecule has 0 bridgehead atoms. The van der Waals surface area contributed by atoms with Crippen LogP contribution in [0.25, 0.3) is 0 Å². The van der Waals surface area contributed by atoms with E-state index in [4.69, 9.17) is 17.3 Å². The first-order valence-electron chi connectivity index (χ1n) is 4.87. The third-order valence-corrected chi connectivity index (χ3v) is 3.20. The van der Waals surface area contributed by atoms with Crippen molar-refractivity contribution in [2.24, 2.45) is 0 Å². The van der Waals surface area contributed by atoms with Crippen LogP contribution in [0.5, 0.6) is 0 Å². The Labute approximate surface area is 112 Å². The van der Waals surface area contributed by atoms with Crippen molar-refractivity contribution in [2.45, 2.75) is 6.92 Å². The zero-order chi connectivity index (χ0) is 12.4. The Bertz CT molecular complexity index is 559. The van der Waals surface area contributed by atoms with Gasteiger partial charge in [0.25, 0.3) is 0 Å². The third-order valence-electron chi connectivity index (χ3n) is 2.31. The first-order chi connectivity index (χ1) is 8.08. The number of benzene rings is 1. The van der Waals surface area contributed by atoms with Crippen molar-refractivity contribution in [1.82, 2.24) is 9.97 Å². The molecule has 0 atom stereocenters. The number of nitrogens with zero attached hydrogens (tertiary/aromatic N) is 2. The summed E-state index contributed by atoms with van der Waals surface area (Å²) in [5.41, 5.74) is 7.40. The normalized spacial score (nSPS) is 10.3. The number of nitrogens with two attached hydrogens (primary N) is 1. The van der Waals surface area contributed by atoms with Gasteiger partial charge in [-0.1, -0.05) is 11.6 Å². The molecule has 88 valence electrons. The maximum Gasteiger partial charge on any atom is 0.138 e. The van der Waals surface area contributed by atoms with Crippen molar-refractivity contribution in [3.05, 3.63) is 39.6 Å². The fraction of sp³-hybridized carbons (Fsp3) is 0.0909. The largest absolute Gasteiger partial charge is 0.383 e. The Morgan fingerprint density at radius 2 is 2.12 bits per heavy atom. The fourth-order valence-corrected chi connectivity index (χ4v) is 2.09. The molecule has 0 amide bonds. The maximum absolute atomic E-state index is 5.87. The number of hydrogen-bond acceptors (Lipinski definition) is 4. The third kappa shape index (κ3) is 2.68. The molecule has 0 spiro atoms. The predicted molar refractivity (Wildman–Crippen MR) is 73.6 cm³/mol. The summed E-state index contributed by atoms with van der Waals surface area (Å²) in [5, 5.41) is 3.84. The standard InChI is InChI=1S/C11H10BrClN4/c1-6-10(14)15-5-16-11(6)17-9-3-2-7(13)4-8(9)12/h2-5H,1H3,(H3,14,15,16,17). The number of anilines is 3. The summed E-state index contributed by atoms with van der Waals surface area (Å²) in [5.74, 6) is 1.15. The van der Waals surface area contributed by atoms with Crippen molar-refractivity contribution in [3.8, 4) is 0 Å². The van der Waals surface area contributed by atoms with E-state index < -0.39 is 0 Å². The van der Waals surface area contributed by atoms with E-state index in [0.717, 1.165) is 15.7 Å². The van der Waals surface area contributed by atoms with E-state index in [-0.39, 0.29) is 0 Å². The highest BCUT2D eigenvalue weighted by atomic mass is 79.9. The molecule has 0 radical (unpaired) electrons. The lowest BCUT2D eigenvalue weighted by atomic mass is 10.3. The van der Waals surface area contributed by atoms with Crippen LogP contribution < -0.4 is 11.1 Å².